The Hall–Kier alpha value is -2.21. The maximum atomic E-state index is 12.7. The number of carbonyl (C=O) groups is 1. The normalized spacial score (nSPS) is 26.4. The Bertz CT molecular complexity index is 678. The highest BCUT2D eigenvalue weighted by Gasteiger charge is 2.49. The molecule has 1 saturated heterocycles. The van der Waals surface area contributed by atoms with Crippen LogP contribution >= 0.6 is 0 Å². The molecule has 2 unspecified atom stereocenters. The molecule has 132 valence electrons. The van der Waals surface area contributed by atoms with Crippen molar-refractivity contribution in [3.63, 3.8) is 0 Å². The van der Waals surface area contributed by atoms with E-state index in [9.17, 15) is 4.79 Å². The van der Waals surface area contributed by atoms with Crippen molar-refractivity contribution < 1.29 is 9.53 Å². The van der Waals surface area contributed by atoms with Gasteiger partial charge in [0.05, 0.1) is 12.1 Å². The molecule has 1 heterocycles. The maximum absolute atomic E-state index is 12.7. The lowest BCUT2D eigenvalue weighted by molar-refractivity contribution is -0.163. The average Bonchev–Trinajstić information content (AvgIpc) is 2.94. The molecule has 0 radical (unpaired) electrons. The highest BCUT2D eigenvalue weighted by molar-refractivity contribution is 5.80. The molecule has 0 aliphatic carbocycles. The SMILES string of the molecule is CC(C)(C)OC(=O)C1(N)NC(c2ccccc2)C(c2ccccc2)N1. The van der Waals surface area contributed by atoms with Crippen molar-refractivity contribution in [1.82, 2.24) is 10.6 Å². The summed E-state index contributed by atoms with van der Waals surface area (Å²) in [4.78, 5) is 12.7. The van der Waals surface area contributed by atoms with Crippen LogP contribution in [0.15, 0.2) is 60.7 Å². The number of carbonyl (C=O) groups excluding carboxylic acids is 1. The van der Waals surface area contributed by atoms with Crippen LogP contribution in [0.3, 0.4) is 0 Å². The molecular weight excluding hydrogens is 314 g/mol. The van der Waals surface area contributed by atoms with Gasteiger partial charge in [-0.05, 0) is 31.9 Å². The summed E-state index contributed by atoms with van der Waals surface area (Å²) in [7, 11) is 0. The van der Waals surface area contributed by atoms with Crippen LogP contribution in [0.2, 0.25) is 0 Å². The highest BCUT2D eigenvalue weighted by atomic mass is 16.6. The predicted octanol–water partition coefficient (Wildman–Crippen LogP) is 2.62. The van der Waals surface area contributed by atoms with Gasteiger partial charge in [0.25, 0.3) is 0 Å². The quantitative estimate of drug-likeness (QED) is 0.750. The number of esters is 1. The summed E-state index contributed by atoms with van der Waals surface area (Å²) in [5.74, 6) is -1.96. The van der Waals surface area contributed by atoms with Gasteiger partial charge >= 0.3 is 5.97 Å². The lowest BCUT2D eigenvalue weighted by atomic mass is 9.95. The Morgan fingerprint density at radius 3 is 1.68 bits per heavy atom. The van der Waals surface area contributed by atoms with Crippen LogP contribution in [0.1, 0.15) is 44.0 Å². The minimum Gasteiger partial charge on any atom is -0.457 e. The van der Waals surface area contributed by atoms with Gasteiger partial charge in [0.1, 0.15) is 5.60 Å². The highest BCUT2D eigenvalue weighted by Crippen LogP contribution is 2.36. The summed E-state index contributed by atoms with van der Waals surface area (Å²) in [6.45, 7) is 5.48. The van der Waals surface area contributed by atoms with Crippen molar-refractivity contribution in [3.05, 3.63) is 71.8 Å². The number of rotatable bonds is 3. The molecule has 5 heteroatoms. The number of nitrogens with one attached hydrogen (secondary N) is 2. The maximum Gasteiger partial charge on any atom is 0.357 e. The first kappa shape index (κ1) is 17.6. The second-order valence-electron chi connectivity index (χ2n) is 7.38. The largest absolute Gasteiger partial charge is 0.457 e. The molecule has 2 aromatic rings. The van der Waals surface area contributed by atoms with E-state index in [1.807, 2.05) is 81.4 Å². The van der Waals surface area contributed by atoms with Gasteiger partial charge in [-0.1, -0.05) is 60.7 Å². The molecule has 0 spiro atoms. The van der Waals surface area contributed by atoms with Crippen molar-refractivity contribution in [2.24, 2.45) is 5.73 Å². The van der Waals surface area contributed by atoms with Crippen LogP contribution in [0.25, 0.3) is 0 Å². The van der Waals surface area contributed by atoms with Gasteiger partial charge in [-0.25, -0.2) is 4.79 Å². The first-order valence-electron chi connectivity index (χ1n) is 8.46. The predicted molar refractivity (Wildman–Crippen MR) is 97.4 cm³/mol. The standard InChI is InChI=1S/C20H25N3O2/c1-19(2,3)25-18(24)20(21)22-16(14-10-6-4-7-11-14)17(23-20)15-12-8-5-9-13-15/h4-13,16-17,22-23H,21H2,1-3H3. The van der Waals surface area contributed by atoms with E-state index in [-0.39, 0.29) is 12.1 Å². The van der Waals surface area contributed by atoms with Crippen LogP contribution in [0.5, 0.6) is 0 Å². The topological polar surface area (TPSA) is 76.4 Å². The molecule has 0 saturated carbocycles. The second kappa shape index (κ2) is 6.59. The summed E-state index contributed by atoms with van der Waals surface area (Å²) in [6.07, 6.45) is 0. The van der Waals surface area contributed by atoms with Crippen molar-refractivity contribution in [3.8, 4) is 0 Å². The van der Waals surface area contributed by atoms with Crippen molar-refractivity contribution in [1.29, 1.82) is 0 Å². The van der Waals surface area contributed by atoms with Crippen molar-refractivity contribution in [2.45, 2.75) is 44.2 Å². The Morgan fingerprint density at radius 2 is 1.32 bits per heavy atom. The Morgan fingerprint density at radius 1 is 0.920 bits per heavy atom. The molecule has 5 nitrogen and oxygen atoms in total. The summed E-state index contributed by atoms with van der Waals surface area (Å²) in [5.41, 5.74) is 7.87. The number of benzene rings is 2. The van der Waals surface area contributed by atoms with Gasteiger partial charge in [-0.2, -0.15) is 0 Å². The van der Waals surface area contributed by atoms with E-state index >= 15 is 0 Å². The smallest absolute Gasteiger partial charge is 0.357 e. The lowest BCUT2D eigenvalue weighted by Gasteiger charge is -2.28. The Balaban J connectivity index is 1.94. The first-order valence-corrected chi connectivity index (χ1v) is 8.46. The molecule has 2 aromatic carbocycles. The zero-order chi connectivity index (χ0) is 18.1. The number of hydrogen-bond donors (Lipinski definition) is 3. The van der Waals surface area contributed by atoms with Gasteiger partial charge in [0.15, 0.2) is 0 Å². The monoisotopic (exact) mass is 339 g/mol. The van der Waals surface area contributed by atoms with Crippen LogP contribution in [-0.4, -0.2) is 17.4 Å². The van der Waals surface area contributed by atoms with E-state index in [2.05, 4.69) is 10.6 Å². The Kier molecular flexibility index (Phi) is 4.64. The molecule has 0 aromatic heterocycles. The molecule has 0 bridgehead atoms. The second-order valence-corrected chi connectivity index (χ2v) is 7.38. The van der Waals surface area contributed by atoms with Gasteiger partial charge in [0.2, 0.25) is 5.79 Å². The van der Waals surface area contributed by atoms with Crippen LogP contribution in [-0.2, 0) is 9.53 Å². The van der Waals surface area contributed by atoms with Crippen molar-refractivity contribution >= 4 is 5.97 Å². The molecule has 3 rings (SSSR count). The summed E-state index contributed by atoms with van der Waals surface area (Å²) in [6, 6.07) is 19.6. The number of ether oxygens (including phenoxy) is 1. The van der Waals surface area contributed by atoms with Gasteiger partial charge in [-0.3, -0.25) is 16.4 Å². The number of nitrogens with two attached hydrogens (primary N) is 1. The van der Waals surface area contributed by atoms with E-state index in [0.717, 1.165) is 11.1 Å². The van der Waals surface area contributed by atoms with E-state index in [0.29, 0.717) is 0 Å². The van der Waals surface area contributed by atoms with E-state index in [1.165, 1.54) is 0 Å². The van der Waals surface area contributed by atoms with E-state index in [1.54, 1.807) is 0 Å². The van der Waals surface area contributed by atoms with Crippen LogP contribution in [0.4, 0.5) is 0 Å². The molecule has 1 fully saturated rings. The summed E-state index contributed by atoms with van der Waals surface area (Å²) >= 11 is 0. The molecule has 4 N–H and O–H groups in total. The fourth-order valence-electron chi connectivity index (χ4n) is 3.05. The zero-order valence-electron chi connectivity index (χ0n) is 14.8. The van der Waals surface area contributed by atoms with E-state index < -0.39 is 17.4 Å². The number of hydrogen-bond acceptors (Lipinski definition) is 5. The minimum atomic E-state index is -1.45. The van der Waals surface area contributed by atoms with Crippen LogP contribution < -0.4 is 16.4 Å². The first-order chi connectivity index (χ1) is 11.8. The lowest BCUT2D eigenvalue weighted by Crippen LogP contribution is -2.65. The summed E-state index contributed by atoms with van der Waals surface area (Å²) < 4.78 is 5.50. The van der Waals surface area contributed by atoms with Gasteiger partial charge in [-0.15, -0.1) is 0 Å². The van der Waals surface area contributed by atoms with Crippen molar-refractivity contribution in [2.75, 3.05) is 0 Å². The van der Waals surface area contributed by atoms with Gasteiger partial charge < -0.3 is 4.74 Å². The van der Waals surface area contributed by atoms with E-state index in [4.69, 9.17) is 10.5 Å². The van der Waals surface area contributed by atoms with Crippen LogP contribution in [0, 0.1) is 0 Å². The minimum absolute atomic E-state index is 0.152. The third-order valence-corrected chi connectivity index (χ3v) is 4.14. The third-order valence-electron chi connectivity index (χ3n) is 4.14. The zero-order valence-corrected chi connectivity index (χ0v) is 14.8. The Labute approximate surface area is 148 Å². The fraction of sp³-hybridized carbons (Fsp3) is 0.350. The van der Waals surface area contributed by atoms with Gasteiger partial charge in [0, 0.05) is 0 Å². The molecule has 25 heavy (non-hydrogen) atoms. The molecular formula is C20H25N3O2. The molecule has 1 aliphatic rings. The third kappa shape index (κ3) is 3.90. The molecule has 1 aliphatic heterocycles. The molecule has 0 amide bonds. The summed E-state index contributed by atoms with van der Waals surface area (Å²) in [5, 5.41) is 6.49. The fourth-order valence-corrected chi connectivity index (χ4v) is 3.05. The average molecular weight is 339 g/mol. The molecule has 2 atom stereocenters.